The van der Waals surface area contributed by atoms with Crippen LogP contribution in [0.4, 0.5) is 0 Å². The molecule has 1 N–H and O–H groups in total. The molecule has 2 heterocycles. The Balaban J connectivity index is 1.68. The molecule has 2 aromatic rings. The highest BCUT2D eigenvalue weighted by Crippen LogP contribution is 2.21. The molecule has 0 atom stereocenters. The Morgan fingerprint density at radius 2 is 2.21 bits per heavy atom. The van der Waals surface area contributed by atoms with E-state index in [4.69, 9.17) is 9.47 Å². The third kappa shape index (κ3) is 6.05. The molecular formula is C16H19N3O4S. The fraction of sp³-hybridized carbons (Fsp3) is 0.375. The zero-order valence-electron chi connectivity index (χ0n) is 13.4. The lowest BCUT2D eigenvalue weighted by atomic mass is 10.3. The van der Waals surface area contributed by atoms with Crippen LogP contribution >= 0.6 is 11.3 Å². The van der Waals surface area contributed by atoms with Crippen molar-refractivity contribution in [3.63, 3.8) is 0 Å². The van der Waals surface area contributed by atoms with Crippen molar-refractivity contribution in [2.75, 3.05) is 26.4 Å². The number of thiazole rings is 1. The Morgan fingerprint density at radius 1 is 1.33 bits per heavy atom. The summed E-state index contributed by atoms with van der Waals surface area (Å²) >= 11 is 1.45. The van der Waals surface area contributed by atoms with E-state index in [1.165, 1.54) is 11.3 Å². The van der Waals surface area contributed by atoms with Crippen LogP contribution in [0.15, 0.2) is 29.8 Å². The number of esters is 1. The number of hydrogen-bond acceptors (Lipinski definition) is 7. The van der Waals surface area contributed by atoms with Gasteiger partial charge in [0, 0.05) is 18.1 Å². The molecule has 0 saturated carbocycles. The molecule has 1 amide bonds. The first-order valence-electron chi connectivity index (χ1n) is 7.55. The predicted molar refractivity (Wildman–Crippen MR) is 89.5 cm³/mol. The van der Waals surface area contributed by atoms with Gasteiger partial charge in [-0.15, -0.1) is 11.3 Å². The summed E-state index contributed by atoms with van der Waals surface area (Å²) in [4.78, 5) is 31.5. The fourth-order valence-electron chi connectivity index (χ4n) is 1.84. The van der Waals surface area contributed by atoms with Gasteiger partial charge < -0.3 is 14.8 Å². The highest BCUT2D eigenvalue weighted by atomic mass is 32.1. The van der Waals surface area contributed by atoms with Gasteiger partial charge in [0.05, 0.1) is 31.0 Å². The number of nitrogens with zero attached hydrogens (tertiary/aromatic N) is 2. The van der Waals surface area contributed by atoms with Gasteiger partial charge >= 0.3 is 5.97 Å². The van der Waals surface area contributed by atoms with Gasteiger partial charge in [0.2, 0.25) is 5.91 Å². The van der Waals surface area contributed by atoms with E-state index in [9.17, 15) is 9.59 Å². The standard InChI is InChI=1S/C16H19N3O4S/c1-2-23-15(21)10-22-8-7-18-14(20)9-12-11-24-16(19-12)13-5-3-4-6-17-13/h3-6,11H,2,7-10H2,1H3,(H,18,20). The van der Waals surface area contributed by atoms with E-state index < -0.39 is 5.97 Å². The molecule has 0 bridgehead atoms. The zero-order chi connectivity index (χ0) is 17.2. The second kappa shape index (κ2) is 9.74. The summed E-state index contributed by atoms with van der Waals surface area (Å²) in [5, 5.41) is 5.36. The van der Waals surface area contributed by atoms with E-state index in [1.807, 2.05) is 23.6 Å². The zero-order valence-corrected chi connectivity index (χ0v) is 14.2. The number of hydrogen-bond donors (Lipinski definition) is 1. The molecule has 7 nitrogen and oxygen atoms in total. The Morgan fingerprint density at radius 3 is 2.96 bits per heavy atom. The predicted octanol–water partition coefficient (Wildman–Crippen LogP) is 1.44. The van der Waals surface area contributed by atoms with Crippen LogP contribution in [0.2, 0.25) is 0 Å². The van der Waals surface area contributed by atoms with Gasteiger partial charge in [-0.3, -0.25) is 9.78 Å². The quantitative estimate of drug-likeness (QED) is 0.544. The second-order valence-corrected chi connectivity index (χ2v) is 5.60. The van der Waals surface area contributed by atoms with E-state index in [0.717, 1.165) is 10.7 Å². The summed E-state index contributed by atoms with van der Waals surface area (Å²) in [6.45, 7) is 2.53. The normalized spacial score (nSPS) is 10.4. The van der Waals surface area contributed by atoms with Crippen molar-refractivity contribution in [2.45, 2.75) is 13.3 Å². The third-order valence-corrected chi connectivity index (χ3v) is 3.78. The number of carbonyl (C=O) groups is 2. The lowest BCUT2D eigenvalue weighted by molar-refractivity contribution is -0.148. The van der Waals surface area contributed by atoms with Crippen molar-refractivity contribution < 1.29 is 19.1 Å². The fourth-order valence-corrected chi connectivity index (χ4v) is 2.64. The number of ether oxygens (including phenoxy) is 2. The third-order valence-electron chi connectivity index (χ3n) is 2.87. The number of amides is 1. The van der Waals surface area contributed by atoms with Gasteiger partial charge in [-0.05, 0) is 19.1 Å². The largest absolute Gasteiger partial charge is 0.464 e. The summed E-state index contributed by atoms with van der Waals surface area (Å²) < 4.78 is 9.82. The van der Waals surface area contributed by atoms with Crippen LogP contribution in [0, 0.1) is 0 Å². The lowest BCUT2D eigenvalue weighted by Gasteiger charge is -2.05. The van der Waals surface area contributed by atoms with Crippen molar-refractivity contribution in [3.05, 3.63) is 35.5 Å². The van der Waals surface area contributed by atoms with Crippen LogP contribution in [-0.4, -0.2) is 48.2 Å². The second-order valence-electron chi connectivity index (χ2n) is 4.74. The first kappa shape index (κ1) is 18.0. The van der Waals surface area contributed by atoms with Gasteiger partial charge in [0.1, 0.15) is 11.6 Å². The molecule has 0 fully saturated rings. The van der Waals surface area contributed by atoms with Crippen LogP contribution in [0.1, 0.15) is 12.6 Å². The van der Waals surface area contributed by atoms with E-state index in [1.54, 1.807) is 13.1 Å². The Bertz CT molecular complexity index is 660. The highest BCUT2D eigenvalue weighted by molar-refractivity contribution is 7.13. The van der Waals surface area contributed by atoms with Crippen LogP contribution in [0.25, 0.3) is 10.7 Å². The first-order chi connectivity index (χ1) is 11.7. The lowest BCUT2D eigenvalue weighted by Crippen LogP contribution is -2.29. The van der Waals surface area contributed by atoms with Gasteiger partial charge in [0.15, 0.2) is 0 Å². The van der Waals surface area contributed by atoms with Gasteiger partial charge in [-0.2, -0.15) is 0 Å². The molecule has 128 valence electrons. The number of pyridine rings is 1. The molecule has 0 aliphatic rings. The summed E-state index contributed by atoms with van der Waals surface area (Å²) in [5.41, 5.74) is 1.49. The molecule has 8 heteroatoms. The average Bonchev–Trinajstić information content (AvgIpc) is 3.04. The number of nitrogens with one attached hydrogen (secondary N) is 1. The van der Waals surface area contributed by atoms with E-state index in [2.05, 4.69) is 15.3 Å². The minimum Gasteiger partial charge on any atom is -0.464 e. The Labute approximate surface area is 144 Å². The number of rotatable bonds is 9. The molecule has 24 heavy (non-hydrogen) atoms. The summed E-state index contributed by atoms with van der Waals surface area (Å²) in [7, 11) is 0. The number of carbonyl (C=O) groups excluding carboxylic acids is 2. The minimum absolute atomic E-state index is 0.108. The molecule has 0 aliphatic heterocycles. The van der Waals surface area contributed by atoms with Crippen LogP contribution in [0.5, 0.6) is 0 Å². The minimum atomic E-state index is -0.409. The monoisotopic (exact) mass is 349 g/mol. The molecular weight excluding hydrogens is 330 g/mol. The topological polar surface area (TPSA) is 90.4 Å². The van der Waals surface area contributed by atoms with E-state index in [-0.39, 0.29) is 25.5 Å². The highest BCUT2D eigenvalue weighted by Gasteiger charge is 2.09. The molecule has 0 spiro atoms. The van der Waals surface area contributed by atoms with Crippen LogP contribution in [-0.2, 0) is 25.5 Å². The van der Waals surface area contributed by atoms with Crippen LogP contribution < -0.4 is 5.32 Å². The van der Waals surface area contributed by atoms with E-state index in [0.29, 0.717) is 18.8 Å². The van der Waals surface area contributed by atoms with Gasteiger partial charge in [-0.1, -0.05) is 6.07 Å². The average molecular weight is 349 g/mol. The smallest absolute Gasteiger partial charge is 0.332 e. The van der Waals surface area contributed by atoms with Crippen molar-refractivity contribution in [1.82, 2.24) is 15.3 Å². The molecule has 2 aromatic heterocycles. The summed E-state index contributed by atoms with van der Waals surface area (Å²) in [5.74, 6) is -0.555. The van der Waals surface area contributed by atoms with Crippen molar-refractivity contribution in [1.29, 1.82) is 0 Å². The van der Waals surface area contributed by atoms with Gasteiger partial charge in [0.25, 0.3) is 0 Å². The maximum absolute atomic E-state index is 11.8. The molecule has 0 saturated heterocycles. The maximum Gasteiger partial charge on any atom is 0.332 e. The Hall–Kier alpha value is -2.32. The molecule has 2 rings (SSSR count). The van der Waals surface area contributed by atoms with Crippen molar-refractivity contribution in [3.8, 4) is 10.7 Å². The summed E-state index contributed by atoms with van der Waals surface area (Å²) in [6.07, 6.45) is 1.90. The van der Waals surface area contributed by atoms with E-state index >= 15 is 0 Å². The first-order valence-corrected chi connectivity index (χ1v) is 8.43. The summed E-state index contributed by atoms with van der Waals surface area (Å²) in [6, 6.07) is 5.62. The van der Waals surface area contributed by atoms with Crippen molar-refractivity contribution >= 4 is 23.2 Å². The number of aromatic nitrogens is 2. The van der Waals surface area contributed by atoms with Crippen LogP contribution in [0.3, 0.4) is 0 Å². The molecule has 0 unspecified atom stereocenters. The molecule has 0 radical (unpaired) electrons. The molecule has 0 aromatic carbocycles. The molecule has 0 aliphatic carbocycles. The SMILES string of the molecule is CCOC(=O)COCCNC(=O)Cc1csc(-c2ccccn2)n1. The maximum atomic E-state index is 11.8. The van der Waals surface area contributed by atoms with Gasteiger partial charge in [-0.25, -0.2) is 9.78 Å². The Kier molecular flexibility index (Phi) is 7.31. The van der Waals surface area contributed by atoms with Crippen molar-refractivity contribution in [2.24, 2.45) is 0 Å².